The van der Waals surface area contributed by atoms with Crippen molar-refractivity contribution in [3.05, 3.63) is 41.6 Å². The second kappa shape index (κ2) is 8.25. The lowest BCUT2D eigenvalue weighted by molar-refractivity contribution is 0.122. The highest BCUT2D eigenvalue weighted by Gasteiger charge is 2.29. The van der Waals surface area contributed by atoms with Crippen LogP contribution >= 0.6 is 0 Å². The van der Waals surface area contributed by atoms with Gasteiger partial charge in [0.1, 0.15) is 5.82 Å². The lowest BCUT2D eigenvalue weighted by Crippen LogP contribution is -2.49. The first kappa shape index (κ1) is 20.1. The molecule has 2 fully saturated rings. The fourth-order valence-electron chi connectivity index (χ4n) is 3.62. The van der Waals surface area contributed by atoms with Crippen LogP contribution in [0.15, 0.2) is 35.2 Å². The van der Waals surface area contributed by atoms with E-state index in [2.05, 4.69) is 14.8 Å². The maximum atomic E-state index is 12.9. The molecule has 156 valence electrons. The van der Waals surface area contributed by atoms with Crippen molar-refractivity contribution in [2.75, 3.05) is 62.3 Å². The monoisotopic (exact) mass is 417 g/mol. The third-order valence-corrected chi connectivity index (χ3v) is 7.26. The van der Waals surface area contributed by atoms with Crippen molar-refractivity contribution < 1.29 is 13.2 Å². The van der Waals surface area contributed by atoms with Crippen molar-refractivity contribution in [3.8, 4) is 0 Å². The summed E-state index contributed by atoms with van der Waals surface area (Å²) >= 11 is 0. The number of benzene rings is 1. The number of nitrogens with zero attached hydrogens (tertiary/aromatic N) is 5. The fraction of sp³-hybridized carbons (Fsp3) is 0.500. The molecule has 2 aromatic rings. The van der Waals surface area contributed by atoms with Crippen LogP contribution in [-0.2, 0) is 14.8 Å². The number of piperazine rings is 1. The number of anilines is 2. The van der Waals surface area contributed by atoms with Crippen molar-refractivity contribution in [1.29, 1.82) is 0 Å². The number of morpholine rings is 1. The Kier molecular flexibility index (Phi) is 5.71. The number of hydrogen-bond acceptors (Lipinski definition) is 7. The number of rotatable bonds is 4. The first-order chi connectivity index (χ1) is 13.9. The Morgan fingerprint density at radius 3 is 2.17 bits per heavy atom. The van der Waals surface area contributed by atoms with Gasteiger partial charge in [0, 0.05) is 51.0 Å². The highest BCUT2D eigenvalue weighted by atomic mass is 32.2. The van der Waals surface area contributed by atoms with Gasteiger partial charge in [0.2, 0.25) is 16.0 Å². The van der Waals surface area contributed by atoms with Gasteiger partial charge in [0.25, 0.3) is 0 Å². The largest absolute Gasteiger partial charge is 0.378 e. The smallest absolute Gasteiger partial charge is 0.243 e. The lowest BCUT2D eigenvalue weighted by atomic mass is 10.2. The summed E-state index contributed by atoms with van der Waals surface area (Å²) in [5.74, 6) is 1.57. The molecule has 9 heteroatoms. The Labute approximate surface area is 172 Å². The molecule has 2 aliphatic rings. The first-order valence-electron chi connectivity index (χ1n) is 9.94. The number of ether oxygens (including phenoxy) is 1. The van der Waals surface area contributed by atoms with E-state index in [1.807, 2.05) is 32.0 Å². The maximum Gasteiger partial charge on any atom is 0.243 e. The van der Waals surface area contributed by atoms with Crippen molar-refractivity contribution in [1.82, 2.24) is 14.3 Å². The van der Waals surface area contributed by atoms with Gasteiger partial charge in [0.15, 0.2) is 0 Å². The van der Waals surface area contributed by atoms with Gasteiger partial charge in [-0.3, -0.25) is 0 Å². The topological polar surface area (TPSA) is 78.9 Å². The number of aromatic nitrogens is 2. The average molecular weight is 418 g/mol. The van der Waals surface area contributed by atoms with Gasteiger partial charge in [-0.1, -0.05) is 17.7 Å². The normalized spacial score (nSPS) is 18.8. The quantitative estimate of drug-likeness (QED) is 0.745. The zero-order valence-corrected chi connectivity index (χ0v) is 17.7. The lowest BCUT2D eigenvalue weighted by Gasteiger charge is -2.35. The van der Waals surface area contributed by atoms with Gasteiger partial charge in [0.05, 0.1) is 18.1 Å². The van der Waals surface area contributed by atoms with E-state index in [1.165, 1.54) is 0 Å². The van der Waals surface area contributed by atoms with Gasteiger partial charge in [-0.15, -0.1) is 0 Å². The summed E-state index contributed by atoms with van der Waals surface area (Å²) in [5.41, 5.74) is 1.95. The van der Waals surface area contributed by atoms with Crippen molar-refractivity contribution >= 4 is 21.8 Å². The number of hydrogen-bond donors (Lipinski definition) is 0. The summed E-state index contributed by atoms with van der Waals surface area (Å²) < 4.78 is 32.8. The minimum atomic E-state index is -3.47. The molecule has 0 saturated carbocycles. The minimum absolute atomic E-state index is 0.351. The minimum Gasteiger partial charge on any atom is -0.378 e. The van der Waals surface area contributed by atoms with Crippen LogP contribution in [0.4, 0.5) is 11.8 Å². The van der Waals surface area contributed by atoms with E-state index in [-0.39, 0.29) is 0 Å². The third kappa shape index (κ3) is 4.36. The van der Waals surface area contributed by atoms with Crippen LogP contribution in [0.2, 0.25) is 0 Å². The molecule has 2 saturated heterocycles. The van der Waals surface area contributed by atoms with Crippen molar-refractivity contribution in [3.63, 3.8) is 0 Å². The van der Waals surface area contributed by atoms with E-state index in [9.17, 15) is 8.42 Å². The van der Waals surface area contributed by atoms with Gasteiger partial charge >= 0.3 is 0 Å². The predicted octanol–water partition coefficient (Wildman–Crippen LogP) is 1.44. The SMILES string of the molecule is Cc1ccc(S(=O)(=O)N2CCN(c3cc(C)nc(N4CCOCC4)n3)CC2)cc1. The van der Waals surface area contributed by atoms with Gasteiger partial charge < -0.3 is 14.5 Å². The molecule has 2 aliphatic heterocycles. The van der Waals surface area contributed by atoms with E-state index >= 15 is 0 Å². The zero-order valence-electron chi connectivity index (χ0n) is 16.9. The molecule has 0 bridgehead atoms. The van der Waals surface area contributed by atoms with E-state index in [4.69, 9.17) is 9.72 Å². The highest BCUT2D eigenvalue weighted by Crippen LogP contribution is 2.22. The van der Waals surface area contributed by atoms with E-state index in [0.29, 0.717) is 44.3 Å². The van der Waals surface area contributed by atoms with Gasteiger partial charge in [-0.05, 0) is 26.0 Å². The van der Waals surface area contributed by atoms with Crippen molar-refractivity contribution in [2.45, 2.75) is 18.7 Å². The van der Waals surface area contributed by atoms with E-state index in [1.54, 1.807) is 16.4 Å². The second-order valence-corrected chi connectivity index (χ2v) is 9.41. The van der Waals surface area contributed by atoms with Crippen LogP contribution in [-0.4, -0.2) is 75.2 Å². The molecule has 0 spiro atoms. The number of aryl methyl sites for hydroxylation is 2. The summed E-state index contributed by atoms with van der Waals surface area (Å²) in [6.45, 7) is 8.92. The van der Waals surface area contributed by atoms with Gasteiger partial charge in [-0.25, -0.2) is 13.4 Å². The molecule has 1 aromatic heterocycles. The molecule has 0 radical (unpaired) electrons. The van der Waals surface area contributed by atoms with Gasteiger partial charge in [-0.2, -0.15) is 9.29 Å². The molecule has 3 heterocycles. The summed E-state index contributed by atoms with van der Waals surface area (Å²) in [6.07, 6.45) is 0. The molecule has 0 N–H and O–H groups in total. The summed E-state index contributed by atoms with van der Waals surface area (Å²) in [6, 6.07) is 8.99. The molecular weight excluding hydrogens is 390 g/mol. The Morgan fingerprint density at radius 1 is 0.862 bits per heavy atom. The van der Waals surface area contributed by atoms with Crippen LogP contribution in [0.25, 0.3) is 0 Å². The molecular formula is C20H27N5O3S. The molecule has 0 amide bonds. The summed E-state index contributed by atoms with van der Waals surface area (Å²) in [7, 11) is -3.47. The molecule has 8 nitrogen and oxygen atoms in total. The molecule has 4 rings (SSSR count). The Balaban J connectivity index is 1.47. The van der Waals surface area contributed by atoms with Crippen LogP contribution in [0, 0.1) is 13.8 Å². The van der Waals surface area contributed by atoms with Crippen LogP contribution in [0.5, 0.6) is 0 Å². The fourth-order valence-corrected chi connectivity index (χ4v) is 5.04. The van der Waals surface area contributed by atoms with E-state index in [0.717, 1.165) is 36.1 Å². The van der Waals surface area contributed by atoms with Crippen LogP contribution in [0.3, 0.4) is 0 Å². The predicted molar refractivity (Wildman–Crippen MR) is 112 cm³/mol. The molecule has 0 unspecified atom stereocenters. The molecule has 29 heavy (non-hydrogen) atoms. The third-order valence-electron chi connectivity index (χ3n) is 5.34. The molecule has 0 aliphatic carbocycles. The molecule has 1 aromatic carbocycles. The highest BCUT2D eigenvalue weighted by molar-refractivity contribution is 7.89. The standard InChI is InChI=1S/C20H27N5O3S/c1-16-3-5-18(6-4-16)29(26,27)25-9-7-23(8-10-25)19-15-17(2)21-20(22-19)24-11-13-28-14-12-24/h3-6,15H,7-14H2,1-2H3. The summed E-state index contributed by atoms with van der Waals surface area (Å²) in [4.78, 5) is 14.0. The Hall–Kier alpha value is -2.23. The van der Waals surface area contributed by atoms with E-state index < -0.39 is 10.0 Å². The van der Waals surface area contributed by atoms with Crippen LogP contribution < -0.4 is 9.80 Å². The Bertz CT molecular complexity index is 951. The van der Waals surface area contributed by atoms with Crippen molar-refractivity contribution in [2.24, 2.45) is 0 Å². The average Bonchev–Trinajstić information content (AvgIpc) is 2.74. The zero-order chi connectivity index (χ0) is 20.4. The second-order valence-electron chi connectivity index (χ2n) is 7.47. The Morgan fingerprint density at radius 2 is 1.52 bits per heavy atom. The summed E-state index contributed by atoms with van der Waals surface area (Å²) in [5, 5.41) is 0. The molecule has 0 atom stereocenters. The van der Waals surface area contributed by atoms with Crippen LogP contribution in [0.1, 0.15) is 11.3 Å². The first-order valence-corrected chi connectivity index (χ1v) is 11.4. The number of sulfonamides is 1. The maximum absolute atomic E-state index is 12.9.